The van der Waals surface area contributed by atoms with Gasteiger partial charge in [-0.1, -0.05) is 0 Å². The van der Waals surface area contributed by atoms with Crippen LogP contribution in [0.15, 0.2) is 12.7 Å². The van der Waals surface area contributed by atoms with E-state index in [1.165, 1.54) is 19.3 Å². The summed E-state index contributed by atoms with van der Waals surface area (Å²) in [5, 5.41) is 8.56. The Labute approximate surface area is 149 Å². The summed E-state index contributed by atoms with van der Waals surface area (Å²) in [6, 6.07) is 0.594. The second-order valence-electron chi connectivity index (χ2n) is 6.76. The van der Waals surface area contributed by atoms with E-state index in [-0.39, 0.29) is 0 Å². The number of aryl methyl sites for hydroxylation is 2. The lowest BCUT2D eigenvalue weighted by Crippen LogP contribution is -2.33. The molecule has 0 radical (unpaired) electrons. The Morgan fingerprint density at radius 3 is 2.40 bits per heavy atom. The van der Waals surface area contributed by atoms with Gasteiger partial charge < -0.3 is 0 Å². The van der Waals surface area contributed by atoms with Crippen molar-refractivity contribution in [1.29, 1.82) is 0 Å². The summed E-state index contributed by atoms with van der Waals surface area (Å²) < 4.78 is 3.98. The molecule has 2 aromatic rings. The Bertz CT molecular complexity index is 649. The summed E-state index contributed by atoms with van der Waals surface area (Å²) in [5.74, 6) is 2.13. The zero-order chi connectivity index (χ0) is 17.6. The molecule has 0 bridgehead atoms. The fraction of sp³-hybridized carbons (Fsp3) is 0.765. The molecule has 1 fully saturated rings. The van der Waals surface area contributed by atoms with Crippen LogP contribution in [0.5, 0.6) is 0 Å². The van der Waals surface area contributed by atoms with Crippen molar-refractivity contribution in [3.63, 3.8) is 0 Å². The lowest BCUT2D eigenvalue weighted by Gasteiger charge is -2.27. The van der Waals surface area contributed by atoms with Gasteiger partial charge in [0.2, 0.25) is 0 Å². The van der Waals surface area contributed by atoms with Crippen molar-refractivity contribution >= 4 is 0 Å². The van der Waals surface area contributed by atoms with E-state index in [0.29, 0.717) is 6.04 Å². The topological polar surface area (TPSA) is 67.9 Å². The Kier molecular flexibility index (Phi) is 6.14. The molecule has 1 saturated heterocycles. The van der Waals surface area contributed by atoms with E-state index < -0.39 is 0 Å². The maximum absolute atomic E-state index is 4.42. The Morgan fingerprint density at radius 2 is 1.68 bits per heavy atom. The molecule has 2 aromatic heterocycles. The maximum atomic E-state index is 4.42. The van der Waals surface area contributed by atoms with E-state index in [0.717, 1.165) is 50.9 Å². The number of hydrogen-bond donors (Lipinski definition) is 0. The van der Waals surface area contributed by atoms with Gasteiger partial charge in [-0.15, -0.1) is 0 Å². The molecule has 3 heterocycles. The van der Waals surface area contributed by atoms with Gasteiger partial charge >= 0.3 is 0 Å². The van der Waals surface area contributed by atoms with Crippen LogP contribution in [-0.2, 0) is 26.2 Å². The molecule has 1 aliphatic rings. The lowest BCUT2D eigenvalue weighted by atomic mass is 10.1. The first-order chi connectivity index (χ1) is 12.2. The molecule has 25 heavy (non-hydrogen) atoms. The van der Waals surface area contributed by atoms with Crippen molar-refractivity contribution in [2.24, 2.45) is 0 Å². The monoisotopic (exact) mass is 346 g/mol. The minimum atomic E-state index is 0.594. The summed E-state index contributed by atoms with van der Waals surface area (Å²) in [4.78, 5) is 13.8. The zero-order valence-corrected chi connectivity index (χ0v) is 15.7. The van der Waals surface area contributed by atoms with Gasteiger partial charge in [0, 0.05) is 25.7 Å². The number of nitrogens with zero attached hydrogens (tertiary/aromatic N) is 8. The van der Waals surface area contributed by atoms with E-state index in [1.807, 2.05) is 9.36 Å². The zero-order valence-electron chi connectivity index (χ0n) is 15.7. The smallest absolute Gasteiger partial charge is 0.140 e. The highest BCUT2D eigenvalue weighted by atomic mass is 15.4. The standard InChI is InChI=1S/C17H30N8/c1-4-24-16(18-13-20-24)11-22(3)15-7-6-9-23(10-8-15)12-17-19-14-21-25(17)5-2/h13-15H,4-12H2,1-3H3. The van der Waals surface area contributed by atoms with Crippen LogP contribution >= 0.6 is 0 Å². The summed E-state index contributed by atoms with van der Waals surface area (Å²) in [6.45, 7) is 9.97. The summed E-state index contributed by atoms with van der Waals surface area (Å²) in [6.07, 6.45) is 6.95. The Morgan fingerprint density at radius 1 is 1.00 bits per heavy atom. The van der Waals surface area contributed by atoms with Crippen LogP contribution in [0.25, 0.3) is 0 Å². The van der Waals surface area contributed by atoms with Crippen molar-refractivity contribution in [2.75, 3.05) is 20.1 Å². The lowest BCUT2D eigenvalue weighted by molar-refractivity contribution is 0.198. The summed E-state index contributed by atoms with van der Waals surface area (Å²) in [7, 11) is 2.21. The van der Waals surface area contributed by atoms with Crippen molar-refractivity contribution in [3.05, 3.63) is 24.3 Å². The van der Waals surface area contributed by atoms with E-state index in [2.05, 4.69) is 50.9 Å². The molecule has 0 saturated carbocycles. The first-order valence-corrected chi connectivity index (χ1v) is 9.37. The number of likely N-dealkylation sites (tertiary alicyclic amines) is 1. The Hall–Kier alpha value is -1.80. The van der Waals surface area contributed by atoms with Gasteiger partial charge in [-0.3, -0.25) is 9.80 Å². The summed E-state index contributed by atoms with van der Waals surface area (Å²) >= 11 is 0. The highest BCUT2D eigenvalue weighted by Gasteiger charge is 2.22. The highest BCUT2D eigenvalue weighted by molar-refractivity contribution is 4.88. The molecule has 1 aliphatic heterocycles. The van der Waals surface area contributed by atoms with E-state index >= 15 is 0 Å². The van der Waals surface area contributed by atoms with Crippen LogP contribution in [-0.4, -0.2) is 65.5 Å². The number of rotatable bonds is 7. The van der Waals surface area contributed by atoms with Crippen LogP contribution in [0.2, 0.25) is 0 Å². The maximum Gasteiger partial charge on any atom is 0.140 e. The predicted octanol–water partition coefficient (Wildman–Crippen LogP) is 1.40. The fourth-order valence-electron chi connectivity index (χ4n) is 3.64. The van der Waals surface area contributed by atoms with E-state index in [4.69, 9.17) is 0 Å². The predicted molar refractivity (Wildman–Crippen MR) is 95.8 cm³/mol. The van der Waals surface area contributed by atoms with Crippen LogP contribution in [0, 0.1) is 0 Å². The molecule has 0 N–H and O–H groups in total. The second-order valence-corrected chi connectivity index (χ2v) is 6.76. The van der Waals surface area contributed by atoms with E-state index in [9.17, 15) is 0 Å². The van der Waals surface area contributed by atoms with Crippen molar-refractivity contribution in [2.45, 2.75) is 65.3 Å². The van der Waals surface area contributed by atoms with Crippen molar-refractivity contribution < 1.29 is 0 Å². The first kappa shape index (κ1) is 18.0. The molecule has 0 spiro atoms. The van der Waals surface area contributed by atoms with Gasteiger partial charge in [0.15, 0.2) is 0 Å². The van der Waals surface area contributed by atoms with Gasteiger partial charge in [-0.05, 0) is 46.7 Å². The Balaban J connectivity index is 1.54. The van der Waals surface area contributed by atoms with Gasteiger partial charge in [0.25, 0.3) is 0 Å². The molecule has 1 atom stereocenters. The van der Waals surface area contributed by atoms with Gasteiger partial charge in [0.05, 0.1) is 13.1 Å². The van der Waals surface area contributed by atoms with Crippen LogP contribution < -0.4 is 0 Å². The third-order valence-electron chi connectivity index (χ3n) is 5.16. The number of hydrogen-bond acceptors (Lipinski definition) is 6. The SMILES string of the molecule is CCn1ncnc1CN1CCCC(N(C)Cc2ncnn2CC)CC1. The summed E-state index contributed by atoms with van der Waals surface area (Å²) in [5.41, 5.74) is 0. The quantitative estimate of drug-likeness (QED) is 0.755. The molecule has 3 rings (SSSR count). The molecule has 8 heteroatoms. The van der Waals surface area contributed by atoms with Crippen molar-refractivity contribution in [3.8, 4) is 0 Å². The fourth-order valence-corrected chi connectivity index (χ4v) is 3.64. The molecule has 8 nitrogen and oxygen atoms in total. The number of aromatic nitrogens is 6. The first-order valence-electron chi connectivity index (χ1n) is 9.37. The molecular weight excluding hydrogens is 316 g/mol. The van der Waals surface area contributed by atoms with Gasteiger partial charge in [-0.2, -0.15) is 10.2 Å². The molecule has 0 aliphatic carbocycles. The van der Waals surface area contributed by atoms with Crippen LogP contribution in [0.4, 0.5) is 0 Å². The van der Waals surface area contributed by atoms with Crippen LogP contribution in [0.1, 0.15) is 44.8 Å². The third kappa shape index (κ3) is 4.43. The van der Waals surface area contributed by atoms with Gasteiger partial charge in [0.1, 0.15) is 24.3 Å². The third-order valence-corrected chi connectivity index (χ3v) is 5.16. The average Bonchev–Trinajstić information content (AvgIpc) is 3.19. The van der Waals surface area contributed by atoms with Gasteiger partial charge in [-0.25, -0.2) is 19.3 Å². The molecular formula is C17H30N8. The average molecular weight is 346 g/mol. The largest absolute Gasteiger partial charge is 0.296 e. The second kappa shape index (κ2) is 8.53. The normalized spacial score (nSPS) is 19.4. The van der Waals surface area contributed by atoms with Crippen LogP contribution in [0.3, 0.4) is 0 Å². The molecule has 138 valence electrons. The molecule has 0 amide bonds. The molecule has 1 unspecified atom stereocenters. The minimum Gasteiger partial charge on any atom is -0.296 e. The minimum absolute atomic E-state index is 0.594. The highest BCUT2D eigenvalue weighted by Crippen LogP contribution is 2.18. The van der Waals surface area contributed by atoms with Crippen molar-refractivity contribution in [1.82, 2.24) is 39.3 Å². The van der Waals surface area contributed by atoms with E-state index in [1.54, 1.807) is 12.7 Å². The molecule has 0 aromatic carbocycles.